The number of aliphatic imine (C=N–C) groups is 1. The molecule has 0 atom stereocenters. The molecule has 1 rings (SSSR count). The van der Waals surface area contributed by atoms with Crippen LogP contribution < -0.4 is 0 Å². The van der Waals surface area contributed by atoms with Crippen molar-refractivity contribution in [3.63, 3.8) is 0 Å². The summed E-state index contributed by atoms with van der Waals surface area (Å²) in [7, 11) is 3.72. The Kier molecular flexibility index (Phi) is 4.62. The Morgan fingerprint density at radius 1 is 1.67 bits per heavy atom. The minimum Gasteiger partial charge on any atom is -0.356 e. The largest absolute Gasteiger partial charge is 0.356 e. The SMILES string of the molecule is CCn1cnc(CN(C)C(CCl)=NC)c1. The first-order chi connectivity index (χ1) is 7.21. The van der Waals surface area contributed by atoms with Crippen molar-refractivity contribution in [2.45, 2.75) is 20.0 Å². The fraction of sp³-hybridized carbons (Fsp3) is 0.600. The number of aromatic nitrogens is 2. The van der Waals surface area contributed by atoms with Crippen molar-refractivity contribution in [1.82, 2.24) is 14.5 Å². The number of amidine groups is 1. The molecular weight excluding hydrogens is 212 g/mol. The maximum absolute atomic E-state index is 5.76. The van der Waals surface area contributed by atoms with Crippen LogP contribution in [0.2, 0.25) is 0 Å². The van der Waals surface area contributed by atoms with Crippen molar-refractivity contribution in [1.29, 1.82) is 0 Å². The van der Waals surface area contributed by atoms with E-state index in [0.717, 1.165) is 24.6 Å². The lowest BCUT2D eigenvalue weighted by Crippen LogP contribution is -2.27. The molecule has 1 aromatic heterocycles. The van der Waals surface area contributed by atoms with E-state index in [1.165, 1.54) is 0 Å². The third-order valence-electron chi connectivity index (χ3n) is 2.27. The quantitative estimate of drug-likeness (QED) is 0.446. The fourth-order valence-electron chi connectivity index (χ4n) is 1.33. The van der Waals surface area contributed by atoms with E-state index < -0.39 is 0 Å². The molecule has 0 aliphatic heterocycles. The summed E-state index contributed by atoms with van der Waals surface area (Å²) >= 11 is 5.76. The highest BCUT2D eigenvalue weighted by atomic mass is 35.5. The number of imidazole rings is 1. The zero-order chi connectivity index (χ0) is 11.3. The number of hydrogen-bond acceptors (Lipinski definition) is 2. The molecule has 1 heterocycles. The molecule has 0 spiro atoms. The Morgan fingerprint density at radius 2 is 2.40 bits per heavy atom. The zero-order valence-electron chi connectivity index (χ0n) is 9.44. The van der Waals surface area contributed by atoms with Gasteiger partial charge in [-0.15, -0.1) is 11.6 Å². The molecule has 0 radical (unpaired) electrons. The van der Waals surface area contributed by atoms with E-state index in [-0.39, 0.29) is 0 Å². The summed E-state index contributed by atoms with van der Waals surface area (Å²) in [6, 6.07) is 0. The summed E-state index contributed by atoms with van der Waals surface area (Å²) in [6.45, 7) is 3.78. The standard InChI is InChI=1S/C10H17ClN4/c1-4-15-7-9(13-8-15)6-14(3)10(5-11)12-2/h7-8H,4-6H2,1-3H3. The highest BCUT2D eigenvalue weighted by Crippen LogP contribution is 2.02. The van der Waals surface area contributed by atoms with Gasteiger partial charge in [-0.2, -0.15) is 0 Å². The predicted molar refractivity (Wildman–Crippen MR) is 63.4 cm³/mol. The Hall–Kier alpha value is -1.03. The maximum atomic E-state index is 5.76. The van der Waals surface area contributed by atoms with Gasteiger partial charge in [0.1, 0.15) is 5.84 Å². The van der Waals surface area contributed by atoms with Gasteiger partial charge in [-0.25, -0.2) is 4.98 Å². The lowest BCUT2D eigenvalue weighted by atomic mass is 10.4. The molecule has 0 saturated heterocycles. The fourth-order valence-corrected chi connectivity index (χ4v) is 1.65. The highest BCUT2D eigenvalue weighted by molar-refractivity contribution is 6.28. The Balaban J connectivity index is 2.61. The number of halogens is 1. The number of alkyl halides is 1. The maximum Gasteiger partial charge on any atom is 0.114 e. The van der Waals surface area contributed by atoms with Crippen LogP contribution in [-0.2, 0) is 13.1 Å². The van der Waals surface area contributed by atoms with Crippen LogP contribution in [0.5, 0.6) is 0 Å². The number of hydrogen-bond donors (Lipinski definition) is 0. The normalized spacial score (nSPS) is 11.9. The van der Waals surface area contributed by atoms with Gasteiger partial charge in [0.05, 0.1) is 24.4 Å². The van der Waals surface area contributed by atoms with E-state index in [0.29, 0.717) is 5.88 Å². The molecule has 0 amide bonds. The van der Waals surface area contributed by atoms with Crippen LogP contribution in [0, 0.1) is 0 Å². The molecule has 5 heteroatoms. The Morgan fingerprint density at radius 3 is 2.87 bits per heavy atom. The highest BCUT2D eigenvalue weighted by Gasteiger charge is 2.06. The van der Waals surface area contributed by atoms with Crippen molar-refractivity contribution in [3.05, 3.63) is 18.2 Å². The number of rotatable bonds is 4. The molecule has 0 N–H and O–H groups in total. The molecule has 0 saturated carbocycles. The van der Waals surface area contributed by atoms with Gasteiger partial charge in [-0.05, 0) is 6.92 Å². The predicted octanol–water partition coefficient (Wildman–Crippen LogP) is 1.60. The Labute approximate surface area is 95.6 Å². The van der Waals surface area contributed by atoms with Crippen molar-refractivity contribution < 1.29 is 0 Å². The number of aryl methyl sites for hydroxylation is 1. The van der Waals surface area contributed by atoms with Crippen LogP contribution in [0.1, 0.15) is 12.6 Å². The van der Waals surface area contributed by atoms with E-state index >= 15 is 0 Å². The van der Waals surface area contributed by atoms with Crippen LogP contribution >= 0.6 is 11.6 Å². The van der Waals surface area contributed by atoms with Gasteiger partial charge in [0.2, 0.25) is 0 Å². The van der Waals surface area contributed by atoms with Crippen molar-refractivity contribution in [2.75, 3.05) is 20.0 Å². The van der Waals surface area contributed by atoms with Crippen LogP contribution in [0.3, 0.4) is 0 Å². The van der Waals surface area contributed by atoms with Crippen LogP contribution in [0.25, 0.3) is 0 Å². The van der Waals surface area contributed by atoms with Gasteiger partial charge >= 0.3 is 0 Å². The Bertz CT molecular complexity index is 332. The van der Waals surface area contributed by atoms with E-state index in [1.807, 2.05) is 29.0 Å². The van der Waals surface area contributed by atoms with Gasteiger partial charge in [-0.3, -0.25) is 4.99 Å². The molecule has 0 fully saturated rings. The first-order valence-electron chi connectivity index (χ1n) is 4.94. The molecule has 0 unspecified atom stereocenters. The van der Waals surface area contributed by atoms with Crippen molar-refractivity contribution >= 4 is 17.4 Å². The molecule has 0 bridgehead atoms. The van der Waals surface area contributed by atoms with E-state index in [1.54, 1.807) is 7.05 Å². The van der Waals surface area contributed by atoms with E-state index in [4.69, 9.17) is 11.6 Å². The molecule has 0 aliphatic rings. The van der Waals surface area contributed by atoms with Crippen LogP contribution in [0.4, 0.5) is 0 Å². The van der Waals surface area contributed by atoms with Gasteiger partial charge in [0, 0.05) is 26.8 Å². The van der Waals surface area contributed by atoms with Gasteiger partial charge in [0.25, 0.3) is 0 Å². The second-order valence-corrected chi connectivity index (χ2v) is 3.59. The lowest BCUT2D eigenvalue weighted by molar-refractivity contribution is 0.490. The summed E-state index contributed by atoms with van der Waals surface area (Å²) in [4.78, 5) is 10.4. The van der Waals surface area contributed by atoms with Crippen LogP contribution in [0.15, 0.2) is 17.5 Å². The van der Waals surface area contributed by atoms with E-state index in [9.17, 15) is 0 Å². The summed E-state index contributed by atoms with van der Waals surface area (Å²) in [6.07, 6.45) is 3.88. The van der Waals surface area contributed by atoms with Gasteiger partial charge < -0.3 is 9.47 Å². The molecular formula is C10H17ClN4. The third-order valence-corrected chi connectivity index (χ3v) is 2.51. The monoisotopic (exact) mass is 228 g/mol. The molecule has 4 nitrogen and oxygen atoms in total. The average molecular weight is 229 g/mol. The first-order valence-corrected chi connectivity index (χ1v) is 5.48. The average Bonchev–Trinajstić information content (AvgIpc) is 2.67. The van der Waals surface area contributed by atoms with Crippen molar-refractivity contribution in [2.24, 2.45) is 4.99 Å². The van der Waals surface area contributed by atoms with E-state index in [2.05, 4.69) is 16.9 Å². The zero-order valence-corrected chi connectivity index (χ0v) is 10.2. The third kappa shape index (κ3) is 3.23. The van der Waals surface area contributed by atoms with Gasteiger partial charge in [-0.1, -0.05) is 0 Å². The summed E-state index contributed by atoms with van der Waals surface area (Å²) < 4.78 is 2.05. The van der Waals surface area contributed by atoms with Crippen LogP contribution in [-0.4, -0.2) is 40.3 Å². The summed E-state index contributed by atoms with van der Waals surface area (Å²) in [5.41, 5.74) is 1.03. The number of nitrogens with zero attached hydrogens (tertiary/aromatic N) is 4. The first kappa shape index (κ1) is 12.0. The minimum atomic E-state index is 0.432. The second kappa shape index (κ2) is 5.75. The topological polar surface area (TPSA) is 33.4 Å². The molecule has 84 valence electrons. The minimum absolute atomic E-state index is 0.432. The lowest BCUT2D eigenvalue weighted by Gasteiger charge is -2.17. The molecule has 0 aliphatic carbocycles. The molecule has 1 aromatic rings. The molecule has 0 aromatic carbocycles. The smallest absolute Gasteiger partial charge is 0.114 e. The van der Waals surface area contributed by atoms with Gasteiger partial charge in [0.15, 0.2) is 0 Å². The summed E-state index contributed by atoms with van der Waals surface area (Å²) in [5.74, 6) is 1.31. The summed E-state index contributed by atoms with van der Waals surface area (Å²) in [5, 5.41) is 0. The molecule has 15 heavy (non-hydrogen) atoms. The second-order valence-electron chi connectivity index (χ2n) is 3.32. The van der Waals surface area contributed by atoms with Crippen molar-refractivity contribution in [3.8, 4) is 0 Å².